The monoisotopic (exact) mass is 334 g/mol. The van der Waals surface area contributed by atoms with Crippen molar-refractivity contribution in [3.8, 4) is 0 Å². The van der Waals surface area contributed by atoms with E-state index in [1.54, 1.807) is 12.1 Å². The van der Waals surface area contributed by atoms with E-state index in [2.05, 4.69) is 5.32 Å². The van der Waals surface area contributed by atoms with E-state index in [0.717, 1.165) is 18.9 Å². The molecule has 1 aromatic rings. The molecule has 0 saturated heterocycles. The Morgan fingerprint density at radius 2 is 2.04 bits per heavy atom. The highest BCUT2D eigenvalue weighted by atomic mass is 19.1. The van der Waals surface area contributed by atoms with Crippen molar-refractivity contribution in [2.45, 2.75) is 18.9 Å². The zero-order valence-corrected chi connectivity index (χ0v) is 13.3. The maximum absolute atomic E-state index is 13.4. The van der Waals surface area contributed by atoms with Gasteiger partial charge in [-0.1, -0.05) is 18.2 Å². The second-order valence-corrected chi connectivity index (χ2v) is 5.55. The van der Waals surface area contributed by atoms with Crippen molar-refractivity contribution in [1.82, 2.24) is 10.2 Å². The van der Waals surface area contributed by atoms with Crippen LogP contribution in [0.4, 0.5) is 4.39 Å². The summed E-state index contributed by atoms with van der Waals surface area (Å²) >= 11 is 0. The molecule has 128 valence electrons. The predicted molar refractivity (Wildman–Crippen MR) is 85.2 cm³/mol. The Kier molecular flexibility index (Phi) is 6.06. The number of benzene rings is 1. The number of nitrogens with one attached hydrogen (secondary N) is 1. The first-order chi connectivity index (χ1) is 11.5. The third-order valence-electron chi connectivity index (χ3n) is 3.39. The van der Waals surface area contributed by atoms with Crippen LogP contribution in [-0.4, -0.2) is 48.9 Å². The maximum atomic E-state index is 13.4. The smallest absolute Gasteiger partial charge is 0.331 e. The molecule has 1 aliphatic carbocycles. The Balaban J connectivity index is 1.73. The number of rotatable bonds is 7. The van der Waals surface area contributed by atoms with E-state index in [-0.39, 0.29) is 24.1 Å². The second kappa shape index (κ2) is 8.24. The average molecular weight is 334 g/mol. The van der Waals surface area contributed by atoms with Crippen molar-refractivity contribution in [2.75, 3.05) is 20.2 Å². The Hall–Kier alpha value is -2.70. The summed E-state index contributed by atoms with van der Waals surface area (Å²) in [5.74, 6) is -1.95. The molecule has 1 aromatic carbocycles. The molecule has 24 heavy (non-hydrogen) atoms. The summed E-state index contributed by atoms with van der Waals surface area (Å²) in [6, 6.07) is 6.19. The Bertz CT molecular complexity index is 656. The van der Waals surface area contributed by atoms with Gasteiger partial charge in [-0.2, -0.15) is 0 Å². The molecule has 7 heteroatoms. The standard InChI is InChI=1S/C17H19FN2O4/c1-20(10-15(21)19-13-7-8-13)16(22)11-24-17(23)9-6-12-4-2-3-5-14(12)18/h2-6,9,13H,7-8,10-11H2,1H3,(H,19,21)/b9-6+. The SMILES string of the molecule is CN(CC(=O)NC1CC1)C(=O)COC(=O)/C=C/c1ccccc1F. The fourth-order valence-corrected chi connectivity index (χ4v) is 1.86. The highest BCUT2D eigenvalue weighted by molar-refractivity contribution is 5.90. The van der Waals surface area contributed by atoms with E-state index in [1.807, 2.05) is 0 Å². The minimum atomic E-state index is -0.762. The van der Waals surface area contributed by atoms with Crippen molar-refractivity contribution in [3.63, 3.8) is 0 Å². The largest absolute Gasteiger partial charge is 0.452 e. The zero-order chi connectivity index (χ0) is 17.5. The van der Waals surface area contributed by atoms with Crippen molar-refractivity contribution in [2.24, 2.45) is 0 Å². The second-order valence-electron chi connectivity index (χ2n) is 5.55. The number of ether oxygens (including phenoxy) is 1. The van der Waals surface area contributed by atoms with Crippen LogP contribution >= 0.6 is 0 Å². The summed E-state index contributed by atoms with van der Waals surface area (Å²) in [6.45, 7) is -0.564. The van der Waals surface area contributed by atoms with E-state index in [4.69, 9.17) is 4.74 Å². The quantitative estimate of drug-likeness (QED) is 0.599. The van der Waals surface area contributed by atoms with Gasteiger partial charge in [0.1, 0.15) is 5.82 Å². The molecule has 0 unspecified atom stereocenters. The number of hydrogen-bond donors (Lipinski definition) is 1. The van der Waals surface area contributed by atoms with Gasteiger partial charge < -0.3 is 15.0 Å². The number of esters is 1. The molecular weight excluding hydrogens is 315 g/mol. The predicted octanol–water partition coefficient (Wildman–Crippen LogP) is 1.12. The highest BCUT2D eigenvalue weighted by Gasteiger charge is 2.24. The van der Waals surface area contributed by atoms with E-state index in [9.17, 15) is 18.8 Å². The Labute approximate surface area is 139 Å². The number of carbonyl (C=O) groups is 3. The normalized spacial score (nSPS) is 13.6. The van der Waals surface area contributed by atoms with Gasteiger partial charge in [0.25, 0.3) is 5.91 Å². The Morgan fingerprint density at radius 1 is 1.33 bits per heavy atom. The first-order valence-electron chi connectivity index (χ1n) is 7.58. The lowest BCUT2D eigenvalue weighted by Crippen LogP contribution is -2.40. The summed E-state index contributed by atoms with van der Waals surface area (Å²) in [6.07, 6.45) is 4.26. The van der Waals surface area contributed by atoms with Gasteiger partial charge in [-0.05, 0) is 25.0 Å². The molecule has 0 aliphatic heterocycles. The van der Waals surface area contributed by atoms with Gasteiger partial charge in [0, 0.05) is 24.7 Å². The summed E-state index contributed by atoms with van der Waals surface area (Å²) < 4.78 is 18.2. The molecule has 2 rings (SSSR count). The van der Waals surface area contributed by atoms with Gasteiger partial charge in [0.2, 0.25) is 5.91 Å². The summed E-state index contributed by atoms with van der Waals surface area (Å²) in [4.78, 5) is 36.1. The van der Waals surface area contributed by atoms with Crippen LogP contribution in [0.1, 0.15) is 18.4 Å². The number of likely N-dealkylation sites (N-methyl/N-ethyl adjacent to an activating group) is 1. The van der Waals surface area contributed by atoms with Crippen LogP contribution in [0, 0.1) is 5.82 Å². The lowest BCUT2D eigenvalue weighted by atomic mass is 10.2. The van der Waals surface area contributed by atoms with Gasteiger partial charge in [-0.25, -0.2) is 9.18 Å². The molecule has 2 amide bonds. The van der Waals surface area contributed by atoms with Crippen LogP contribution in [0.2, 0.25) is 0 Å². The lowest BCUT2D eigenvalue weighted by molar-refractivity contribution is -0.148. The molecule has 0 spiro atoms. The zero-order valence-electron chi connectivity index (χ0n) is 13.3. The topological polar surface area (TPSA) is 75.7 Å². The number of hydrogen-bond acceptors (Lipinski definition) is 4. The fraction of sp³-hybridized carbons (Fsp3) is 0.353. The molecule has 1 fully saturated rings. The van der Waals surface area contributed by atoms with Crippen LogP contribution in [0.5, 0.6) is 0 Å². The molecule has 0 radical (unpaired) electrons. The van der Waals surface area contributed by atoms with Crippen LogP contribution in [0.25, 0.3) is 6.08 Å². The highest BCUT2D eigenvalue weighted by Crippen LogP contribution is 2.18. The van der Waals surface area contributed by atoms with Crippen LogP contribution in [-0.2, 0) is 19.1 Å². The van der Waals surface area contributed by atoms with Gasteiger partial charge in [0.15, 0.2) is 6.61 Å². The van der Waals surface area contributed by atoms with E-state index < -0.39 is 24.3 Å². The first kappa shape index (κ1) is 17.7. The van der Waals surface area contributed by atoms with Gasteiger partial charge >= 0.3 is 5.97 Å². The van der Waals surface area contributed by atoms with Gasteiger partial charge in [-0.15, -0.1) is 0 Å². The molecule has 1 N–H and O–H groups in total. The van der Waals surface area contributed by atoms with Crippen molar-refractivity contribution >= 4 is 23.9 Å². The van der Waals surface area contributed by atoms with Crippen LogP contribution in [0.15, 0.2) is 30.3 Å². The van der Waals surface area contributed by atoms with Crippen molar-refractivity contribution < 1.29 is 23.5 Å². The Morgan fingerprint density at radius 3 is 2.71 bits per heavy atom. The van der Waals surface area contributed by atoms with Crippen LogP contribution < -0.4 is 5.32 Å². The molecule has 1 aliphatic rings. The lowest BCUT2D eigenvalue weighted by Gasteiger charge is -2.16. The molecule has 0 aromatic heterocycles. The maximum Gasteiger partial charge on any atom is 0.331 e. The first-order valence-corrected chi connectivity index (χ1v) is 7.58. The minimum Gasteiger partial charge on any atom is -0.452 e. The van der Waals surface area contributed by atoms with E-state index >= 15 is 0 Å². The van der Waals surface area contributed by atoms with E-state index in [0.29, 0.717) is 0 Å². The summed E-state index contributed by atoms with van der Waals surface area (Å²) in [7, 11) is 1.46. The molecular formula is C17H19FN2O4. The number of amides is 2. The number of nitrogens with zero attached hydrogens (tertiary/aromatic N) is 1. The van der Waals surface area contributed by atoms with Gasteiger partial charge in [0.05, 0.1) is 6.54 Å². The fourth-order valence-electron chi connectivity index (χ4n) is 1.86. The third kappa shape index (κ3) is 5.83. The molecule has 0 atom stereocenters. The molecule has 0 heterocycles. The molecule has 0 bridgehead atoms. The van der Waals surface area contributed by atoms with Gasteiger partial charge in [-0.3, -0.25) is 9.59 Å². The average Bonchev–Trinajstić information content (AvgIpc) is 3.35. The molecule has 6 nitrogen and oxygen atoms in total. The van der Waals surface area contributed by atoms with Crippen molar-refractivity contribution in [1.29, 1.82) is 0 Å². The minimum absolute atomic E-state index is 0.0854. The number of halogens is 1. The molecule has 1 saturated carbocycles. The van der Waals surface area contributed by atoms with Crippen LogP contribution in [0.3, 0.4) is 0 Å². The summed E-state index contributed by atoms with van der Waals surface area (Å²) in [5, 5.41) is 2.76. The van der Waals surface area contributed by atoms with E-state index in [1.165, 1.54) is 30.2 Å². The summed E-state index contributed by atoms with van der Waals surface area (Å²) in [5.41, 5.74) is 0.245. The third-order valence-corrected chi connectivity index (χ3v) is 3.39. The number of carbonyl (C=O) groups excluding carboxylic acids is 3. The van der Waals surface area contributed by atoms with Crippen molar-refractivity contribution in [3.05, 3.63) is 41.7 Å².